The van der Waals surface area contributed by atoms with Gasteiger partial charge in [0.25, 0.3) is 0 Å². The molecule has 1 N–H and O–H groups in total. The number of benzene rings is 1. The Kier molecular flexibility index (Phi) is 5.83. The molecule has 0 saturated carbocycles. The minimum absolute atomic E-state index is 0.140. The van der Waals surface area contributed by atoms with Crippen LogP contribution in [-0.2, 0) is 9.53 Å². The van der Waals surface area contributed by atoms with E-state index in [9.17, 15) is 4.79 Å². The second-order valence-corrected chi connectivity index (χ2v) is 6.30. The van der Waals surface area contributed by atoms with Crippen LogP contribution in [0, 0.1) is 5.92 Å². The summed E-state index contributed by atoms with van der Waals surface area (Å²) in [5.41, 5.74) is 1.26. The highest BCUT2D eigenvalue weighted by atomic mass is 16.5. The molecule has 1 aliphatic carbocycles. The number of amides is 1. The molecule has 3 rings (SSSR count). The molecule has 1 aromatic carbocycles. The standard InChI is InChI=1S/C19H26N2O2/c22-19(17-9-5-2-6-10-17)20-15-18(16-7-3-1-4-8-16)21-11-13-23-14-12-21/h1-5,7-8,17-18H,6,9-15H2,(H,20,22). The summed E-state index contributed by atoms with van der Waals surface area (Å²) in [5, 5.41) is 3.19. The Morgan fingerprint density at radius 2 is 2.00 bits per heavy atom. The summed E-state index contributed by atoms with van der Waals surface area (Å²) in [6.07, 6.45) is 7.16. The van der Waals surface area contributed by atoms with Crippen LogP contribution in [0.1, 0.15) is 30.9 Å². The van der Waals surface area contributed by atoms with Gasteiger partial charge >= 0.3 is 0 Å². The van der Waals surface area contributed by atoms with Crippen LogP contribution in [0.4, 0.5) is 0 Å². The molecule has 1 saturated heterocycles. The number of allylic oxidation sites excluding steroid dienone is 2. The van der Waals surface area contributed by atoms with Crippen molar-refractivity contribution >= 4 is 5.91 Å². The number of hydrogen-bond donors (Lipinski definition) is 1. The van der Waals surface area contributed by atoms with Crippen LogP contribution < -0.4 is 5.32 Å². The summed E-state index contributed by atoms with van der Waals surface area (Å²) in [4.78, 5) is 14.8. The molecule has 2 atom stereocenters. The smallest absolute Gasteiger partial charge is 0.223 e. The highest BCUT2D eigenvalue weighted by molar-refractivity contribution is 5.79. The van der Waals surface area contributed by atoms with Crippen LogP contribution in [-0.4, -0.2) is 43.7 Å². The molecule has 4 heteroatoms. The number of hydrogen-bond acceptors (Lipinski definition) is 3. The topological polar surface area (TPSA) is 41.6 Å². The molecule has 1 aliphatic heterocycles. The number of rotatable bonds is 5. The van der Waals surface area contributed by atoms with E-state index in [2.05, 4.69) is 46.6 Å². The maximum Gasteiger partial charge on any atom is 0.223 e. The molecule has 23 heavy (non-hydrogen) atoms. The van der Waals surface area contributed by atoms with Gasteiger partial charge in [0.05, 0.1) is 19.3 Å². The Morgan fingerprint density at radius 1 is 1.22 bits per heavy atom. The van der Waals surface area contributed by atoms with Crippen molar-refractivity contribution in [2.45, 2.75) is 25.3 Å². The van der Waals surface area contributed by atoms with Crippen molar-refractivity contribution in [3.05, 3.63) is 48.0 Å². The molecule has 1 fully saturated rings. The summed E-state index contributed by atoms with van der Waals surface area (Å²) in [6, 6.07) is 10.7. The van der Waals surface area contributed by atoms with Crippen molar-refractivity contribution in [1.29, 1.82) is 0 Å². The van der Waals surface area contributed by atoms with Crippen LogP contribution in [0.5, 0.6) is 0 Å². The van der Waals surface area contributed by atoms with E-state index >= 15 is 0 Å². The van der Waals surface area contributed by atoms with Gasteiger partial charge < -0.3 is 10.1 Å². The van der Waals surface area contributed by atoms with Gasteiger partial charge in [0.1, 0.15) is 0 Å². The maximum absolute atomic E-state index is 12.4. The minimum atomic E-state index is 0.140. The Morgan fingerprint density at radius 3 is 2.70 bits per heavy atom. The van der Waals surface area contributed by atoms with Crippen molar-refractivity contribution in [3.8, 4) is 0 Å². The summed E-state index contributed by atoms with van der Waals surface area (Å²) in [7, 11) is 0. The monoisotopic (exact) mass is 314 g/mol. The lowest BCUT2D eigenvalue weighted by molar-refractivity contribution is -0.125. The molecule has 0 aromatic heterocycles. The van der Waals surface area contributed by atoms with Gasteiger partial charge in [-0.05, 0) is 24.8 Å². The number of nitrogens with one attached hydrogen (secondary N) is 1. The largest absolute Gasteiger partial charge is 0.379 e. The Balaban J connectivity index is 1.63. The first-order valence-corrected chi connectivity index (χ1v) is 8.64. The highest BCUT2D eigenvalue weighted by Gasteiger charge is 2.25. The molecule has 4 nitrogen and oxygen atoms in total. The molecular formula is C19H26N2O2. The lowest BCUT2D eigenvalue weighted by atomic mass is 9.93. The van der Waals surface area contributed by atoms with Gasteiger partial charge in [-0.2, -0.15) is 0 Å². The first kappa shape index (κ1) is 16.2. The van der Waals surface area contributed by atoms with Gasteiger partial charge in [-0.25, -0.2) is 0 Å². The number of ether oxygens (including phenoxy) is 1. The predicted molar refractivity (Wildman–Crippen MR) is 91.1 cm³/mol. The molecule has 1 amide bonds. The second-order valence-electron chi connectivity index (χ2n) is 6.30. The lowest BCUT2D eigenvalue weighted by Crippen LogP contribution is -2.44. The van der Waals surface area contributed by atoms with Crippen molar-refractivity contribution in [2.75, 3.05) is 32.8 Å². The first-order valence-electron chi connectivity index (χ1n) is 8.64. The molecule has 1 heterocycles. The van der Waals surface area contributed by atoms with E-state index in [1.807, 2.05) is 6.07 Å². The average Bonchev–Trinajstić information content (AvgIpc) is 2.64. The summed E-state index contributed by atoms with van der Waals surface area (Å²) in [6.45, 7) is 4.04. The number of carbonyl (C=O) groups excluding carboxylic acids is 1. The first-order chi connectivity index (χ1) is 11.3. The SMILES string of the molecule is O=C(NCC(c1ccccc1)N1CCOCC1)C1CC=CCC1. The summed E-state index contributed by atoms with van der Waals surface area (Å²) >= 11 is 0. The van der Waals surface area contributed by atoms with Gasteiger partial charge in [-0.3, -0.25) is 9.69 Å². The fourth-order valence-electron chi connectivity index (χ4n) is 3.40. The molecule has 2 aliphatic rings. The van der Waals surface area contributed by atoms with Crippen molar-refractivity contribution in [2.24, 2.45) is 5.92 Å². The Bertz CT molecular complexity index is 523. The van der Waals surface area contributed by atoms with Crippen molar-refractivity contribution in [1.82, 2.24) is 10.2 Å². The van der Waals surface area contributed by atoms with Gasteiger partial charge in [-0.15, -0.1) is 0 Å². The second kappa shape index (κ2) is 8.27. The number of carbonyl (C=O) groups is 1. The molecule has 1 aromatic rings. The number of nitrogens with zero attached hydrogens (tertiary/aromatic N) is 1. The van der Waals surface area contributed by atoms with Crippen LogP contribution in [0.2, 0.25) is 0 Å². The van der Waals surface area contributed by atoms with E-state index in [1.165, 1.54) is 5.56 Å². The van der Waals surface area contributed by atoms with E-state index in [0.29, 0.717) is 6.54 Å². The Labute approximate surface area is 138 Å². The van der Waals surface area contributed by atoms with Crippen LogP contribution >= 0.6 is 0 Å². The molecule has 124 valence electrons. The molecule has 2 unspecified atom stereocenters. The van der Waals surface area contributed by atoms with E-state index in [-0.39, 0.29) is 17.9 Å². The normalized spacial score (nSPS) is 23.4. The fraction of sp³-hybridized carbons (Fsp3) is 0.526. The third kappa shape index (κ3) is 4.43. The summed E-state index contributed by atoms with van der Waals surface area (Å²) < 4.78 is 5.47. The van der Waals surface area contributed by atoms with E-state index < -0.39 is 0 Å². The average molecular weight is 314 g/mol. The molecule has 0 radical (unpaired) electrons. The van der Waals surface area contributed by atoms with E-state index in [0.717, 1.165) is 45.6 Å². The maximum atomic E-state index is 12.4. The van der Waals surface area contributed by atoms with Crippen molar-refractivity contribution in [3.63, 3.8) is 0 Å². The van der Waals surface area contributed by atoms with Crippen LogP contribution in [0.15, 0.2) is 42.5 Å². The van der Waals surface area contributed by atoms with Crippen LogP contribution in [0.3, 0.4) is 0 Å². The zero-order valence-electron chi connectivity index (χ0n) is 13.6. The summed E-state index contributed by atoms with van der Waals surface area (Å²) in [5.74, 6) is 0.338. The minimum Gasteiger partial charge on any atom is -0.379 e. The highest BCUT2D eigenvalue weighted by Crippen LogP contribution is 2.22. The predicted octanol–water partition coefficient (Wildman–Crippen LogP) is 2.53. The zero-order chi connectivity index (χ0) is 15.9. The van der Waals surface area contributed by atoms with Crippen molar-refractivity contribution < 1.29 is 9.53 Å². The lowest BCUT2D eigenvalue weighted by Gasteiger charge is -2.35. The molecular weight excluding hydrogens is 288 g/mol. The van der Waals surface area contributed by atoms with Crippen LogP contribution in [0.25, 0.3) is 0 Å². The van der Waals surface area contributed by atoms with Gasteiger partial charge in [0.2, 0.25) is 5.91 Å². The van der Waals surface area contributed by atoms with E-state index in [1.54, 1.807) is 0 Å². The quantitative estimate of drug-likeness (QED) is 0.849. The zero-order valence-corrected chi connectivity index (χ0v) is 13.6. The van der Waals surface area contributed by atoms with Gasteiger partial charge in [0, 0.05) is 25.6 Å². The molecule has 0 spiro atoms. The third-order valence-corrected chi connectivity index (χ3v) is 4.78. The van der Waals surface area contributed by atoms with E-state index in [4.69, 9.17) is 4.74 Å². The fourth-order valence-corrected chi connectivity index (χ4v) is 3.40. The number of morpholine rings is 1. The Hall–Kier alpha value is -1.65. The third-order valence-electron chi connectivity index (χ3n) is 4.78. The van der Waals surface area contributed by atoms with Gasteiger partial charge in [-0.1, -0.05) is 42.5 Å². The molecule has 0 bridgehead atoms. The van der Waals surface area contributed by atoms with Gasteiger partial charge in [0.15, 0.2) is 0 Å².